The van der Waals surface area contributed by atoms with Crippen molar-refractivity contribution in [1.82, 2.24) is 19.4 Å². The van der Waals surface area contributed by atoms with Crippen molar-refractivity contribution in [2.45, 2.75) is 38.4 Å². The highest BCUT2D eigenvalue weighted by Crippen LogP contribution is 2.33. The molecule has 5 aromatic rings. The molecule has 4 aromatic carbocycles. The van der Waals surface area contributed by atoms with Crippen LogP contribution in [0.15, 0.2) is 114 Å². The number of para-hydroxylation sites is 3. The largest absolute Gasteiger partial charge is 0.465 e. The first-order chi connectivity index (χ1) is 21.5. The van der Waals surface area contributed by atoms with E-state index in [4.69, 9.17) is 4.74 Å². The molecule has 2 N–H and O–H groups in total. The lowest BCUT2D eigenvalue weighted by Gasteiger charge is -2.38. The number of imidazole rings is 1. The maximum atomic E-state index is 13.1. The summed E-state index contributed by atoms with van der Waals surface area (Å²) in [5.74, 6) is 1.63. The number of ether oxygens (including phenoxy) is 1. The Morgan fingerprint density at radius 1 is 0.864 bits per heavy atom. The van der Waals surface area contributed by atoms with Crippen LogP contribution >= 0.6 is 0 Å². The van der Waals surface area contributed by atoms with Crippen molar-refractivity contribution >= 4 is 17.1 Å². The van der Waals surface area contributed by atoms with Gasteiger partial charge in [-0.3, -0.25) is 9.47 Å². The molecule has 2 heterocycles. The Kier molecular flexibility index (Phi) is 9.08. The summed E-state index contributed by atoms with van der Waals surface area (Å²) in [5, 5.41) is 9.79. The van der Waals surface area contributed by atoms with Crippen LogP contribution in [0.3, 0.4) is 0 Å². The number of amides is 1. The third-order valence-corrected chi connectivity index (χ3v) is 8.50. The van der Waals surface area contributed by atoms with Crippen LogP contribution in [0.1, 0.15) is 36.4 Å². The summed E-state index contributed by atoms with van der Waals surface area (Å²) in [4.78, 5) is 31.9. The molecule has 1 amide bonds. The zero-order valence-corrected chi connectivity index (χ0v) is 24.7. The molecule has 0 aliphatic carbocycles. The second kappa shape index (κ2) is 13.7. The maximum Gasteiger partial charge on any atom is 0.407 e. The van der Waals surface area contributed by atoms with Gasteiger partial charge in [-0.25, -0.2) is 9.59 Å². The van der Waals surface area contributed by atoms with Crippen molar-refractivity contribution < 1.29 is 14.6 Å². The number of aromatic nitrogens is 2. The van der Waals surface area contributed by atoms with Gasteiger partial charge < -0.3 is 19.7 Å². The van der Waals surface area contributed by atoms with Gasteiger partial charge in [0, 0.05) is 32.2 Å². The molecule has 1 saturated heterocycles. The monoisotopic (exact) mass is 590 g/mol. The van der Waals surface area contributed by atoms with Crippen molar-refractivity contribution in [3.05, 3.63) is 131 Å². The lowest BCUT2D eigenvalue weighted by Crippen LogP contribution is -2.45. The summed E-state index contributed by atoms with van der Waals surface area (Å²) in [6, 6.07) is 36.1. The van der Waals surface area contributed by atoms with Gasteiger partial charge in [0.05, 0.1) is 11.0 Å². The molecule has 8 nitrogen and oxygen atoms in total. The number of benzene rings is 4. The molecule has 0 bridgehead atoms. The second-order valence-corrected chi connectivity index (χ2v) is 11.6. The number of carboxylic acid groups (broad SMARTS) is 1. The minimum atomic E-state index is -0.900. The molecule has 44 heavy (non-hydrogen) atoms. The van der Waals surface area contributed by atoms with Gasteiger partial charge >= 0.3 is 11.8 Å². The van der Waals surface area contributed by atoms with Gasteiger partial charge in [-0.15, -0.1) is 0 Å². The number of rotatable bonds is 11. The SMILES string of the molecule is O=C(O)N1CCC(n2c(=O)[nH]c3ccccc32)C(CCCN(Cc2ccccc2)Cc2cccc(Oc3ccccc3)c2)C1. The molecule has 8 heteroatoms. The Bertz CT molecular complexity index is 1730. The Hall–Kier alpha value is -4.82. The van der Waals surface area contributed by atoms with Gasteiger partial charge in [0.25, 0.3) is 0 Å². The number of hydrogen-bond donors (Lipinski definition) is 2. The first-order valence-electron chi connectivity index (χ1n) is 15.3. The van der Waals surface area contributed by atoms with Gasteiger partial charge in [0.2, 0.25) is 0 Å². The third-order valence-electron chi connectivity index (χ3n) is 8.50. The zero-order chi connectivity index (χ0) is 30.3. The van der Waals surface area contributed by atoms with E-state index in [1.807, 2.05) is 77.4 Å². The van der Waals surface area contributed by atoms with E-state index in [0.29, 0.717) is 19.5 Å². The average molecular weight is 591 g/mol. The Morgan fingerprint density at radius 3 is 2.34 bits per heavy atom. The molecule has 1 aliphatic rings. The predicted octanol–water partition coefficient (Wildman–Crippen LogP) is 7.15. The number of hydrogen-bond acceptors (Lipinski definition) is 4. The highest BCUT2D eigenvalue weighted by atomic mass is 16.5. The summed E-state index contributed by atoms with van der Waals surface area (Å²) >= 11 is 0. The minimum absolute atomic E-state index is 0.0259. The number of nitrogens with one attached hydrogen (secondary N) is 1. The first-order valence-corrected chi connectivity index (χ1v) is 15.3. The lowest BCUT2D eigenvalue weighted by molar-refractivity contribution is 0.0932. The topological polar surface area (TPSA) is 90.8 Å². The standard InChI is InChI=1S/C36H38N4O4/c41-35-37-32-18-7-8-19-34(32)40(35)33-20-22-39(36(42)43)26-29(33)14-10-21-38(24-27-11-3-1-4-12-27)25-28-13-9-17-31(23-28)44-30-15-5-2-6-16-30/h1-9,11-13,15-19,23,29,33H,10,14,20-22,24-26H2,(H,37,41)(H,42,43). The summed E-state index contributed by atoms with van der Waals surface area (Å²) in [5.41, 5.74) is 3.95. The van der Waals surface area contributed by atoms with E-state index in [2.05, 4.69) is 46.3 Å². The molecule has 226 valence electrons. The number of carbonyl (C=O) groups is 1. The van der Waals surface area contributed by atoms with Gasteiger partial charge in [-0.05, 0) is 79.3 Å². The Morgan fingerprint density at radius 2 is 1.55 bits per heavy atom. The number of likely N-dealkylation sites (tertiary alicyclic amines) is 1. The van der Waals surface area contributed by atoms with Crippen LogP contribution < -0.4 is 10.4 Å². The quantitative estimate of drug-likeness (QED) is 0.171. The summed E-state index contributed by atoms with van der Waals surface area (Å²) in [6.07, 6.45) is 1.39. The van der Waals surface area contributed by atoms with Gasteiger partial charge in [-0.2, -0.15) is 0 Å². The summed E-state index contributed by atoms with van der Waals surface area (Å²) in [6.45, 7) is 3.21. The van der Waals surface area contributed by atoms with Crippen molar-refractivity contribution in [2.24, 2.45) is 5.92 Å². The Labute approximate surface area is 257 Å². The van der Waals surface area contributed by atoms with Crippen molar-refractivity contribution in [3.8, 4) is 11.5 Å². The predicted molar refractivity (Wildman–Crippen MR) is 172 cm³/mol. The number of fused-ring (bicyclic) bond motifs is 1. The number of H-pyrrole nitrogens is 1. The third kappa shape index (κ3) is 7.03. The first kappa shape index (κ1) is 29.3. The van der Waals surface area contributed by atoms with E-state index >= 15 is 0 Å². The summed E-state index contributed by atoms with van der Waals surface area (Å²) in [7, 11) is 0. The molecular weight excluding hydrogens is 552 g/mol. The van der Waals surface area contributed by atoms with E-state index in [1.54, 1.807) is 0 Å². The minimum Gasteiger partial charge on any atom is -0.465 e. The molecule has 1 fully saturated rings. The molecule has 2 unspecified atom stereocenters. The fraction of sp³-hybridized carbons (Fsp3) is 0.278. The van der Waals surface area contributed by atoms with Crippen LogP contribution in [0, 0.1) is 5.92 Å². The highest BCUT2D eigenvalue weighted by Gasteiger charge is 2.34. The van der Waals surface area contributed by atoms with E-state index in [-0.39, 0.29) is 17.6 Å². The highest BCUT2D eigenvalue weighted by molar-refractivity contribution is 5.75. The molecular formula is C36H38N4O4. The summed E-state index contributed by atoms with van der Waals surface area (Å²) < 4.78 is 7.95. The Balaban J connectivity index is 1.18. The number of nitrogens with zero attached hydrogens (tertiary/aromatic N) is 3. The molecule has 0 spiro atoms. The zero-order valence-electron chi connectivity index (χ0n) is 24.7. The van der Waals surface area contributed by atoms with Crippen LogP contribution in [0.5, 0.6) is 11.5 Å². The van der Waals surface area contributed by atoms with Gasteiger partial charge in [-0.1, -0.05) is 72.8 Å². The molecule has 1 aliphatic heterocycles. The molecule has 0 radical (unpaired) electrons. The van der Waals surface area contributed by atoms with Crippen LogP contribution in [-0.4, -0.2) is 50.2 Å². The van der Waals surface area contributed by atoms with E-state index < -0.39 is 6.09 Å². The smallest absolute Gasteiger partial charge is 0.407 e. The van der Waals surface area contributed by atoms with Crippen molar-refractivity contribution in [3.63, 3.8) is 0 Å². The van der Waals surface area contributed by atoms with Gasteiger partial charge in [0.1, 0.15) is 11.5 Å². The fourth-order valence-corrected chi connectivity index (χ4v) is 6.44. The van der Waals surface area contributed by atoms with E-state index in [9.17, 15) is 14.7 Å². The lowest BCUT2D eigenvalue weighted by atomic mass is 9.87. The van der Waals surface area contributed by atoms with Crippen molar-refractivity contribution in [1.29, 1.82) is 0 Å². The van der Waals surface area contributed by atoms with Crippen LogP contribution in [0.25, 0.3) is 11.0 Å². The van der Waals surface area contributed by atoms with Crippen LogP contribution in [-0.2, 0) is 13.1 Å². The average Bonchev–Trinajstić information content (AvgIpc) is 3.37. The van der Waals surface area contributed by atoms with E-state index in [0.717, 1.165) is 60.6 Å². The number of piperidine rings is 1. The maximum absolute atomic E-state index is 13.1. The molecule has 0 saturated carbocycles. The van der Waals surface area contributed by atoms with Gasteiger partial charge in [0.15, 0.2) is 0 Å². The van der Waals surface area contributed by atoms with Crippen LogP contribution in [0.4, 0.5) is 4.79 Å². The fourth-order valence-electron chi connectivity index (χ4n) is 6.44. The van der Waals surface area contributed by atoms with Crippen LogP contribution in [0.2, 0.25) is 0 Å². The van der Waals surface area contributed by atoms with E-state index in [1.165, 1.54) is 10.5 Å². The molecule has 6 rings (SSSR count). The second-order valence-electron chi connectivity index (χ2n) is 11.6. The van der Waals surface area contributed by atoms with Crippen molar-refractivity contribution in [2.75, 3.05) is 19.6 Å². The molecule has 1 aromatic heterocycles. The normalized spacial score (nSPS) is 16.8. The molecule has 2 atom stereocenters. The number of aromatic amines is 1.